The maximum absolute atomic E-state index is 12.1. The molecule has 20 heavy (non-hydrogen) atoms. The maximum Gasteiger partial charge on any atom is 0.267 e. The summed E-state index contributed by atoms with van der Waals surface area (Å²) < 4.78 is 5.53. The third-order valence-electron chi connectivity index (χ3n) is 3.71. The lowest BCUT2D eigenvalue weighted by atomic mass is 10.2. The number of ether oxygens (including phenoxy) is 1. The second kappa shape index (κ2) is 5.54. The van der Waals surface area contributed by atoms with E-state index in [1.807, 2.05) is 24.3 Å². The Morgan fingerprint density at radius 3 is 3.15 bits per heavy atom. The number of H-pyrrole nitrogens is 1. The highest BCUT2D eigenvalue weighted by Gasteiger charge is 2.16. The van der Waals surface area contributed by atoms with Crippen molar-refractivity contribution < 1.29 is 9.53 Å². The molecule has 0 saturated carbocycles. The number of aromatic nitrogens is 1. The van der Waals surface area contributed by atoms with E-state index in [-0.39, 0.29) is 5.91 Å². The SMILES string of the molecule is Nc1cccc2cc(C(=O)NCCC3CCCO3)[nH]c12. The van der Waals surface area contributed by atoms with Crippen molar-refractivity contribution in [1.82, 2.24) is 10.3 Å². The molecule has 0 spiro atoms. The van der Waals surface area contributed by atoms with Gasteiger partial charge in [-0.3, -0.25) is 4.79 Å². The molecule has 1 atom stereocenters. The van der Waals surface area contributed by atoms with Crippen molar-refractivity contribution in [3.63, 3.8) is 0 Å². The third kappa shape index (κ3) is 2.63. The highest BCUT2D eigenvalue weighted by atomic mass is 16.5. The van der Waals surface area contributed by atoms with Gasteiger partial charge in [0.1, 0.15) is 5.69 Å². The average Bonchev–Trinajstić information content (AvgIpc) is 3.07. The molecule has 5 heteroatoms. The Balaban J connectivity index is 1.61. The van der Waals surface area contributed by atoms with Gasteiger partial charge in [0.2, 0.25) is 0 Å². The van der Waals surface area contributed by atoms with Crippen LogP contribution in [0.2, 0.25) is 0 Å². The van der Waals surface area contributed by atoms with E-state index in [1.54, 1.807) is 0 Å². The van der Waals surface area contributed by atoms with Gasteiger partial charge in [-0.25, -0.2) is 0 Å². The quantitative estimate of drug-likeness (QED) is 0.746. The summed E-state index contributed by atoms with van der Waals surface area (Å²) in [5.74, 6) is -0.0985. The summed E-state index contributed by atoms with van der Waals surface area (Å²) >= 11 is 0. The van der Waals surface area contributed by atoms with Crippen LogP contribution >= 0.6 is 0 Å². The summed E-state index contributed by atoms with van der Waals surface area (Å²) in [6.07, 6.45) is 3.39. The Morgan fingerprint density at radius 1 is 1.50 bits per heavy atom. The van der Waals surface area contributed by atoms with Gasteiger partial charge in [-0.15, -0.1) is 0 Å². The van der Waals surface area contributed by atoms with Gasteiger partial charge in [-0.1, -0.05) is 12.1 Å². The number of hydrogen-bond donors (Lipinski definition) is 3. The van der Waals surface area contributed by atoms with E-state index in [2.05, 4.69) is 10.3 Å². The highest BCUT2D eigenvalue weighted by Crippen LogP contribution is 2.21. The van der Waals surface area contributed by atoms with E-state index in [9.17, 15) is 4.79 Å². The number of para-hydroxylation sites is 1. The van der Waals surface area contributed by atoms with Crippen LogP contribution in [-0.4, -0.2) is 30.1 Å². The van der Waals surface area contributed by atoms with E-state index >= 15 is 0 Å². The predicted octanol–water partition coefficient (Wildman–Crippen LogP) is 2.05. The van der Waals surface area contributed by atoms with Crippen LogP contribution in [-0.2, 0) is 4.74 Å². The minimum absolute atomic E-state index is 0.0985. The van der Waals surface area contributed by atoms with E-state index in [0.717, 1.165) is 36.8 Å². The molecule has 2 aromatic rings. The molecule has 1 aromatic heterocycles. The summed E-state index contributed by atoms with van der Waals surface area (Å²) in [5, 5.41) is 3.87. The summed E-state index contributed by atoms with van der Waals surface area (Å²) in [6.45, 7) is 1.48. The first-order valence-corrected chi connectivity index (χ1v) is 7.01. The first kappa shape index (κ1) is 13.0. The molecule has 1 unspecified atom stereocenters. The first-order valence-electron chi connectivity index (χ1n) is 7.01. The maximum atomic E-state index is 12.1. The number of hydrogen-bond acceptors (Lipinski definition) is 3. The fourth-order valence-electron chi connectivity index (χ4n) is 2.62. The zero-order valence-corrected chi connectivity index (χ0v) is 11.3. The molecule has 0 bridgehead atoms. The van der Waals surface area contributed by atoms with Crippen LogP contribution in [0.25, 0.3) is 10.9 Å². The number of aromatic amines is 1. The molecule has 0 radical (unpaired) electrons. The van der Waals surface area contributed by atoms with Gasteiger partial charge in [-0.2, -0.15) is 0 Å². The van der Waals surface area contributed by atoms with Gasteiger partial charge in [0.15, 0.2) is 0 Å². The molecule has 1 fully saturated rings. The summed E-state index contributed by atoms with van der Waals surface area (Å²) in [6, 6.07) is 7.46. The van der Waals surface area contributed by atoms with Crippen LogP contribution in [0.15, 0.2) is 24.3 Å². The molecule has 1 aromatic carbocycles. The first-order chi connectivity index (χ1) is 9.74. The summed E-state index contributed by atoms with van der Waals surface area (Å²) in [4.78, 5) is 15.1. The van der Waals surface area contributed by atoms with Gasteiger partial charge in [0, 0.05) is 18.5 Å². The van der Waals surface area contributed by atoms with Gasteiger partial charge >= 0.3 is 0 Å². The largest absolute Gasteiger partial charge is 0.397 e. The van der Waals surface area contributed by atoms with Crippen molar-refractivity contribution in [3.8, 4) is 0 Å². The molecule has 1 aliphatic heterocycles. The summed E-state index contributed by atoms with van der Waals surface area (Å²) in [5.41, 5.74) is 7.89. The van der Waals surface area contributed by atoms with Crippen molar-refractivity contribution in [2.24, 2.45) is 0 Å². The Morgan fingerprint density at radius 2 is 2.40 bits per heavy atom. The number of anilines is 1. The van der Waals surface area contributed by atoms with Gasteiger partial charge in [0.25, 0.3) is 5.91 Å². The van der Waals surface area contributed by atoms with Crippen molar-refractivity contribution in [3.05, 3.63) is 30.0 Å². The lowest BCUT2D eigenvalue weighted by Gasteiger charge is -2.09. The number of benzene rings is 1. The second-order valence-electron chi connectivity index (χ2n) is 5.17. The topological polar surface area (TPSA) is 80.1 Å². The van der Waals surface area contributed by atoms with Crippen LogP contribution in [0.1, 0.15) is 29.8 Å². The van der Waals surface area contributed by atoms with E-state index in [0.29, 0.717) is 24.0 Å². The van der Waals surface area contributed by atoms with Crippen molar-refractivity contribution in [1.29, 1.82) is 0 Å². The zero-order chi connectivity index (χ0) is 13.9. The number of carbonyl (C=O) groups is 1. The lowest BCUT2D eigenvalue weighted by molar-refractivity contribution is 0.0904. The van der Waals surface area contributed by atoms with Crippen molar-refractivity contribution in [2.75, 3.05) is 18.9 Å². The Bertz CT molecular complexity index is 615. The number of nitrogens with one attached hydrogen (secondary N) is 2. The Labute approximate surface area is 117 Å². The number of nitrogens with two attached hydrogens (primary N) is 1. The molecule has 1 saturated heterocycles. The minimum Gasteiger partial charge on any atom is -0.397 e. The Hall–Kier alpha value is -2.01. The van der Waals surface area contributed by atoms with Crippen LogP contribution in [0, 0.1) is 0 Å². The molecule has 1 amide bonds. The van der Waals surface area contributed by atoms with Gasteiger partial charge in [0.05, 0.1) is 17.3 Å². The minimum atomic E-state index is -0.0985. The molecule has 1 aliphatic rings. The van der Waals surface area contributed by atoms with Crippen molar-refractivity contribution in [2.45, 2.75) is 25.4 Å². The lowest BCUT2D eigenvalue weighted by Crippen LogP contribution is -2.27. The normalized spacial score (nSPS) is 18.5. The standard InChI is InChI=1S/C15H19N3O2/c16-12-5-1-3-10-9-13(18-14(10)12)15(19)17-7-6-11-4-2-8-20-11/h1,3,5,9,11,18H,2,4,6-8,16H2,(H,17,19). The number of fused-ring (bicyclic) bond motifs is 1. The van der Waals surface area contributed by atoms with Crippen LogP contribution in [0.3, 0.4) is 0 Å². The molecule has 0 aliphatic carbocycles. The van der Waals surface area contributed by atoms with E-state index in [4.69, 9.17) is 10.5 Å². The smallest absolute Gasteiger partial charge is 0.267 e. The molecule has 4 N–H and O–H groups in total. The molecule has 2 heterocycles. The number of rotatable bonds is 4. The molecular formula is C15H19N3O2. The molecule has 5 nitrogen and oxygen atoms in total. The molecule has 3 rings (SSSR count). The van der Waals surface area contributed by atoms with E-state index in [1.165, 1.54) is 0 Å². The predicted molar refractivity (Wildman–Crippen MR) is 78.6 cm³/mol. The van der Waals surface area contributed by atoms with Crippen molar-refractivity contribution >= 4 is 22.5 Å². The summed E-state index contributed by atoms with van der Waals surface area (Å²) in [7, 11) is 0. The number of amides is 1. The molecule has 106 valence electrons. The monoisotopic (exact) mass is 273 g/mol. The van der Waals surface area contributed by atoms with Gasteiger partial charge < -0.3 is 20.8 Å². The number of carbonyl (C=O) groups excluding carboxylic acids is 1. The van der Waals surface area contributed by atoms with Crippen LogP contribution in [0.4, 0.5) is 5.69 Å². The van der Waals surface area contributed by atoms with Crippen LogP contribution in [0.5, 0.6) is 0 Å². The highest BCUT2D eigenvalue weighted by molar-refractivity contribution is 6.00. The van der Waals surface area contributed by atoms with Crippen LogP contribution < -0.4 is 11.1 Å². The van der Waals surface area contributed by atoms with Gasteiger partial charge in [-0.05, 0) is 31.4 Å². The third-order valence-corrected chi connectivity index (χ3v) is 3.71. The average molecular weight is 273 g/mol. The Kier molecular flexibility index (Phi) is 3.60. The fraction of sp³-hybridized carbons (Fsp3) is 0.400. The number of nitrogen functional groups attached to an aromatic ring is 1. The zero-order valence-electron chi connectivity index (χ0n) is 11.3. The second-order valence-corrected chi connectivity index (χ2v) is 5.17. The fourth-order valence-corrected chi connectivity index (χ4v) is 2.62. The van der Waals surface area contributed by atoms with E-state index < -0.39 is 0 Å². The molecular weight excluding hydrogens is 254 g/mol.